The van der Waals surface area contributed by atoms with Crippen LogP contribution in [0.2, 0.25) is 0 Å². The number of hydrogen-bond donors (Lipinski definition) is 0. The van der Waals surface area contributed by atoms with Crippen molar-refractivity contribution >= 4 is 89.8 Å². The van der Waals surface area contributed by atoms with E-state index in [0.717, 1.165) is 68.2 Å². The lowest BCUT2D eigenvalue weighted by Crippen LogP contribution is -2.13. The minimum Gasteiger partial charge on any atom is -0.311 e. The monoisotopic (exact) mass is 846 g/mol. The van der Waals surface area contributed by atoms with Crippen LogP contribution >= 0.6 is 0 Å². The highest BCUT2D eigenvalue weighted by Gasteiger charge is 2.19. The van der Waals surface area contributed by atoms with Crippen LogP contribution in [0.1, 0.15) is 0 Å². The van der Waals surface area contributed by atoms with E-state index in [2.05, 4.69) is 299 Å². The van der Waals surface area contributed by atoms with Crippen molar-refractivity contribution in [2.45, 2.75) is 0 Å². The normalized spacial score (nSPS) is 11.0. The number of para-hydroxylation sites is 4. The average molecular weight is 847 g/mol. The first-order valence-electron chi connectivity index (χ1n) is 22.4. The van der Waals surface area contributed by atoms with Gasteiger partial charge in [-0.05, 0) is 167 Å². The summed E-state index contributed by atoms with van der Waals surface area (Å²) >= 11 is 0. The third-order valence-corrected chi connectivity index (χ3v) is 12.1. The van der Waals surface area contributed by atoms with Gasteiger partial charge in [0.1, 0.15) is 0 Å². The van der Waals surface area contributed by atoms with Gasteiger partial charge in [-0.25, -0.2) is 0 Å². The van der Waals surface area contributed by atoms with Gasteiger partial charge >= 0.3 is 0 Å². The Bertz CT molecular complexity index is 3110. The highest BCUT2D eigenvalue weighted by molar-refractivity contribution is 5.91. The summed E-state index contributed by atoms with van der Waals surface area (Å²) in [6, 6.07) is 99.5. The summed E-state index contributed by atoms with van der Waals surface area (Å²) < 4.78 is 0. The van der Waals surface area contributed by atoms with Gasteiger partial charge in [0.25, 0.3) is 0 Å². The van der Waals surface area contributed by atoms with Crippen molar-refractivity contribution in [1.29, 1.82) is 0 Å². The van der Waals surface area contributed by atoms with E-state index in [9.17, 15) is 0 Å². The highest BCUT2D eigenvalue weighted by atomic mass is 15.2. The molecule has 11 aromatic rings. The molecule has 0 radical (unpaired) electrons. The molecule has 4 heteroatoms. The molecule has 0 saturated carbocycles. The van der Waals surface area contributed by atoms with E-state index in [1.807, 2.05) is 0 Å². The zero-order valence-electron chi connectivity index (χ0n) is 36.3. The molecule has 0 unspecified atom stereocenters. The maximum atomic E-state index is 2.32. The molecule has 11 aromatic carbocycles. The van der Waals surface area contributed by atoms with Gasteiger partial charge < -0.3 is 19.6 Å². The third-order valence-electron chi connectivity index (χ3n) is 12.1. The highest BCUT2D eigenvalue weighted by Crippen LogP contribution is 2.43. The molecule has 0 aliphatic heterocycles. The van der Waals surface area contributed by atoms with Crippen molar-refractivity contribution in [3.8, 4) is 0 Å². The smallest absolute Gasteiger partial charge is 0.0468 e. The second kappa shape index (κ2) is 18.1. The summed E-state index contributed by atoms with van der Waals surface area (Å²) in [4.78, 5) is 9.29. The zero-order chi connectivity index (χ0) is 44.1. The zero-order valence-corrected chi connectivity index (χ0v) is 36.3. The summed E-state index contributed by atoms with van der Waals surface area (Å²) in [6.45, 7) is 0. The van der Waals surface area contributed by atoms with Crippen molar-refractivity contribution in [3.63, 3.8) is 0 Å². The third kappa shape index (κ3) is 8.11. The Hall–Kier alpha value is -8.86. The van der Waals surface area contributed by atoms with Crippen LogP contribution in [-0.4, -0.2) is 0 Å². The number of anilines is 12. The van der Waals surface area contributed by atoms with Crippen LogP contribution in [0.5, 0.6) is 0 Å². The Labute approximate surface area is 386 Å². The maximum absolute atomic E-state index is 2.32. The van der Waals surface area contributed by atoms with Gasteiger partial charge in [-0.1, -0.05) is 133 Å². The molecule has 0 aliphatic rings. The van der Waals surface area contributed by atoms with E-state index in [4.69, 9.17) is 0 Å². The molecule has 0 fully saturated rings. The van der Waals surface area contributed by atoms with Gasteiger partial charge in [0.2, 0.25) is 0 Å². The average Bonchev–Trinajstić information content (AvgIpc) is 3.39. The number of nitrogens with zero attached hydrogens (tertiary/aromatic N) is 4. The van der Waals surface area contributed by atoms with Crippen LogP contribution in [0.15, 0.2) is 279 Å². The molecule has 66 heavy (non-hydrogen) atoms. The molecule has 0 amide bonds. The van der Waals surface area contributed by atoms with E-state index in [1.54, 1.807) is 0 Å². The quantitative estimate of drug-likeness (QED) is 0.121. The second-order valence-electron chi connectivity index (χ2n) is 16.3. The van der Waals surface area contributed by atoms with Crippen molar-refractivity contribution in [3.05, 3.63) is 279 Å². The minimum atomic E-state index is 1.06. The summed E-state index contributed by atoms with van der Waals surface area (Å²) in [5, 5.41) is 4.87. The Kier molecular flexibility index (Phi) is 10.9. The van der Waals surface area contributed by atoms with Gasteiger partial charge in [0.05, 0.1) is 0 Å². The fourth-order valence-corrected chi connectivity index (χ4v) is 8.98. The van der Waals surface area contributed by atoms with Gasteiger partial charge in [-0.15, -0.1) is 0 Å². The van der Waals surface area contributed by atoms with Gasteiger partial charge in [0, 0.05) is 68.2 Å². The molecular weight excluding hydrogens is 801 g/mol. The molecule has 0 N–H and O–H groups in total. The summed E-state index contributed by atoms with van der Waals surface area (Å²) in [6.07, 6.45) is 0. The number of fused-ring (bicyclic) bond motifs is 2. The Morgan fingerprint density at radius 3 is 0.576 bits per heavy atom. The van der Waals surface area contributed by atoms with Crippen LogP contribution < -0.4 is 19.6 Å². The summed E-state index contributed by atoms with van der Waals surface area (Å²) in [7, 11) is 0. The molecule has 0 bridgehead atoms. The Morgan fingerprint density at radius 1 is 0.136 bits per heavy atom. The summed E-state index contributed by atoms with van der Waals surface area (Å²) in [5.41, 5.74) is 13.0. The molecular formula is C62H46N4. The van der Waals surface area contributed by atoms with Gasteiger partial charge in [-0.2, -0.15) is 0 Å². The van der Waals surface area contributed by atoms with E-state index < -0.39 is 0 Å². The number of rotatable bonds is 12. The molecule has 0 aliphatic carbocycles. The molecule has 0 spiro atoms. The topological polar surface area (TPSA) is 13.0 Å². The van der Waals surface area contributed by atoms with Gasteiger partial charge in [0.15, 0.2) is 0 Å². The van der Waals surface area contributed by atoms with Crippen LogP contribution in [-0.2, 0) is 0 Å². The van der Waals surface area contributed by atoms with Crippen molar-refractivity contribution in [1.82, 2.24) is 0 Å². The van der Waals surface area contributed by atoms with Crippen LogP contribution in [0.25, 0.3) is 21.5 Å². The van der Waals surface area contributed by atoms with Crippen molar-refractivity contribution < 1.29 is 0 Å². The maximum Gasteiger partial charge on any atom is 0.0468 e. The fraction of sp³-hybridized carbons (Fsp3) is 0. The molecule has 0 aromatic heterocycles. The molecule has 4 nitrogen and oxygen atoms in total. The van der Waals surface area contributed by atoms with Crippen molar-refractivity contribution in [2.24, 2.45) is 0 Å². The van der Waals surface area contributed by atoms with E-state index in [1.165, 1.54) is 21.5 Å². The van der Waals surface area contributed by atoms with Crippen molar-refractivity contribution in [2.75, 3.05) is 19.6 Å². The molecule has 0 saturated heterocycles. The largest absolute Gasteiger partial charge is 0.311 e. The molecule has 11 rings (SSSR count). The van der Waals surface area contributed by atoms with E-state index in [-0.39, 0.29) is 0 Å². The summed E-state index contributed by atoms with van der Waals surface area (Å²) in [5.74, 6) is 0. The minimum absolute atomic E-state index is 1.06. The van der Waals surface area contributed by atoms with Crippen LogP contribution in [0.4, 0.5) is 68.2 Å². The SMILES string of the molecule is c1ccc(N(c2ccc(N(c3ccccc3)c3ccc(N(c4ccccc4)c4ccc5ccccc5c4)cc3)cc2)c2ccc(N(c3ccccc3)c3ccc4ccccc4c3)cc2)cc1. The Balaban J connectivity index is 0.937. The number of hydrogen-bond acceptors (Lipinski definition) is 4. The van der Waals surface area contributed by atoms with E-state index in [0.29, 0.717) is 0 Å². The lowest BCUT2D eigenvalue weighted by Gasteiger charge is -2.30. The first kappa shape index (κ1) is 40.0. The molecule has 0 heterocycles. The number of benzene rings is 11. The second-order valence-corrected chi connectivity index (χ2v) is 16.3. The first-order chi connectivity index (χ1) is 32.7. The predicted octanol–water partition coefficient (Wildman–Crippen LogP) is 17.9. The first-order valence-corrected chi connectivity index (χ1v) is 22.4. The Morgan fingerprint density at radius 2 is 0.318 bits per heavy atom. The van der Waals surface area contributed by atoms with E-state index >= 15 is 0 Å². The molecule has 314 valence electrons. The van der Waals surface area contributed by atoms with Crippen LogP contribution in [0, 0.1) is 0 Å². The lowest BCUT2D eigenvalue weighted by molar-refractivity contribution is 1.24. The van der Waals surface area contributed by atoms with Crippen LogP contribution in [0.3, 0.4) is 0 Å². The predicted molar refractivity (Wildman–Crippen MR) is 280 cm³/mol. The van der Waals surface area contributed by atoms with Gasteiger partial charge in [-0.3, -0.25) is 0 Å². The molecule has 0 atom stereocenters. The lowest BCUT2D eigenvalue weighted by atomic mass is 10.1. The fourth-order valence-electron chi connectivity index (χ4n) is 8.98. The standard InChI is InChI=1S/C62H46N4/c1-5-21-51(22-6-1)63(57-37-41-59(42-38-57)65(53-25-9-3-10-26-53)61-31-29-47-17-13-15-19-49(47)45-61)55-33-35-56(36-34-55)64(52-23-7-2-8-24-52)58-39-43-60(44-40-58)66(54-27-11-4-12-28-54)62-32-30-48-18-14-16-20-50(48)46-62/h1-46H.